The first-order valence-electron chi connectivity index (χ1n) is 12.8. The van der Waals surface area contributed by atoms with Crippen molar-refractivity contribution in [3.8, 4) is 5.88 Å². The van der Waals surface area contributed by atoms with Crippen LogP contribution in [0.3, 0.4) is 0 Å². The molecule has 2 aromatic rings. The molecule has 2 N–H and O–H groups in total. The first-order chi connectivity index (χ1) is 16.0. The van der Waals surface area contributed by atoms with Crippen molar-refractivity contribution in [2.24, 2.45) is 0 Å². The van der Waals surface area contributed by atoms with Crippen LogP contribution < -0.4 is 13.6 Å². The number of aliphatic hydroxyl groups excluding tert-OH is 1. The molecule has 0 saturated heterocycles. The standard InChI is InChI=1S/C16H17N2O2.3C4H9.Sn/c1-12(13-3-6-15(17-2)7-4-13)14-5-8-16(18-11-14)20-10-9-19;3*1-3-4-2;/h3-7,11,17,19H,1,9-10H2,2H3;3*1,3-4H2,2H3;. The second kappa shape index (κ2) is 14.7. The second-order valence-corrected chi connectivity index (χ2v) is 22.2. The zero-order valence-electron chi connectivity index (χ0n) is 21.3. The van der Waals surface area contributed by atoms with Gasteiger partial charge in [0, 0.05) is 0 Å². The Kier molecular flexibility index (Phi) is 12.3. The van der Waals surface area contributed by atoms with E-state index in [4.69, 9.17) is 9.72 Å². The van der Waals surface area contributed by atoms with Crippen LogP contribution in [-0.4, -0.2) is 48.7 Å². The van der Waals surface area contributed by atoms with E-state index >= 15 is 0 Å². The molecule has 182 valence electrons. The maximum atomic E-state index is 9.42. The first-order valence-corrected chi connectivity index (χ1v) is 20.2. The number of hydrogen-bond acceptors (Lipinski definition) is 4. The van der Waals surface area contributed by atoms with E-state index in [9.17, 15) is 5.11 Å². The molecule has 0 atom stereocenters. The van der Waals surface area contributed by atoms with Crippen LogP contribution in [0.15, 0.2) is 43.1 Å². The number of pyridine rings is 1. The number of nitrogens with one attached hydrogen (secondary N) is 1. The number of benzene rings is 1. The summed E-state index contributed by atoms with van der Waals surface area (Å²) >= 11 is -2.80. The second-order valence-electron chi connectivity index (χ2n) is 9.05. The van der Waals surface area contributed by atoms with Crippen LogP contribution in [0.25, 0.3) is 5.57 Å². The van der Waals surface area contributed by atoms with Crippen LogP contribution in [0.4, 0.5) is 5.69 Å². The third-order valence-electron chi connectivity index (χ3n) is 6.65. The maximum absolute atomic E-state index is 9.42. The van der Waals surface area contributed by atoms with Gasteiger partial charge in [-0.3, -0.25) is 0 Å². The van der Waals surface area contributed by atoms with Crippen molar-refractivity contribution >= 4 is 33.2 Å². The van der Waals surface area contributed by atoms with E-state index < -0.39 is 18.4 Å². The van der Waals surface area contributed by atoms with E-state index in [1.54, 1.807) is 0 Å². The van der Waals surface area contributed by atoms with Crippen molar-refractivity contribution in [2.75, 3.05) is 25.6 Å². The summed E-state index contributed by atoms with van der Waals surface area (Å²) in [6.45, 7) is 11.6. The van der Waals surface area contributed by atoms with Crippen LogP contribution >= 0.6 is 0 Å². The zero-order chi connectivity index (χ0) is 24.1. The molecule has 1 aromatic heterocycles. The molecule has 0 aliphatic carbocycles. The van der Waals surface area contributed by atoms with Crippen molar-refractivity contribution in [1.29, 1.82) is 0 Å². The summed E-state index contributed by atoms with van der Waals surface area (Å²) in [6.07, 6.45) is 9.41. The fourth-order valence-electron chi connectivity index (χ4n) is 4.58. The summed E-state index contributed by atoms with van der Waals surface area (Å²) in [6, 6.07) is 10.8. The number of nitrogens with zero attached hydrogens (tertiary/aromatic N) is 1. The van der Waals surface area contributed by atoms with Gasteiger partial charge in [0.05, 0.1) is 0 Å². The molecule has 0 radical (unpaired) electrons. The molecular weight excluding hydrogens is 515 g/mol. The van der Waals surface area contributed by atoms with Gasteiger partial charge in [-0.05, 0) is 0 Å². The first kappa shape index (κ1) is 27.7. The molecule has 1 heterocycles. The van der Waals surface area contributed by atoms with E-state index in [0.29, 0.717) is 6.61 Å². The van der Waals surface area contributed by atoms with Gasteiger partial charge in [-0.25, -0.2) is 0 Å². The minimum absolute atomic E-state index is 0.00872. The molecule has 1 aromatic carbocycles. The quantitative estimate of drug-likeness (QED) is 0.227. The van der Waals surface area contributed by atoms with Gasteiger partial charge in [-0.1, -0.05) is 0 Å². The van der Waals surface area contributed by atoms with E-state index in [-0.39, 0.29) is 6.61 Å². The number of anilines is 1. The van der Waals surface area contributed by atoms with Gasteiger partial charge >= 0.3 is 206 Å². The van der Waals surface area contributed by atoms with Crippen LogP contribution in [0.2, 0.25) is 13.3 Å². The van der Waals surface area contributed by atoms with E-state index in [2.05, 4.69) is 63.0 Å². The topological polar surface area (TPSA) is 54.4 Å². The van der Waals surface area contributed by atoms with Crippen LogP contribution in [0.1, 0.15) is 70.4 Å². The molecule has 33 heavy (non-hydrogen) atoms. The number of rotatable bonds is 16. The van der Waals surface area contributed by atoms with Gasteiger partial charge in [-0.15, -0.1) is 0 Å². The average molecular weight is 559 g/mol. The molecule has 2 rings (SSSR count). The number of aromatic nitrogens is 1. The Hall–Kier alpha value is -1.53. The summed E-state index contributed by atoms with van der Waals surface area (Å²) in [4.78, 5) is 4.83. The van der Waals surface area contributed by atoms with Crippen molar-refractivity contribution in [3.05, 3.63) is 54.2 Å². The number of hydrogen-bond donors (Lipinski definition) is 2. The summed E-state index contributed by atoms with van der Waals surface area (Å²) < 4.78 is 11.5. The number of unbranched alkanes of at least 4 members (excludes halogenated alkanes) is 3. The Bertz CT molecular complexity index is 830. The summed E-state index contributed by atoms with van der Waals surface area (Å²) in [5.74, 6) is 0.769. The van der Waals surface area contributed by atoms with Gasteiger partial charge in [0.25, 0.3) is 0 Å². The monoisotopic (exact) mass is 560 g/mol. The van der Waals surface area contributed by atoms with Crippen LogP contribution in [0.5, 0.6) is 5.88 Å². The molecular formula is C28H44N2O2Sn. The molecule has 0 fully saturated rings. The van der Waals surface area contributed by atoms with E-state index in [1.807, 2.05) is 13.2 Å². The molecule has 0 saturated carbocycles. The Labute approximate surface area is 205 Å². The molecule has 0 aliphatic heterocycles. The van der Waals surface area contributed by atoms with Gasteiger partial charge in [0.2, 0.25) is 0 Å². The molecule has 0 bridgehead atoms. The summed E-state index contributed by atoms with van der Waals surface area (Å²) in [5, 5.41) is 12.6. The normalized spacial score (nSPS) is 11.4. The van der Waals surface area contributed by atoms with Gasteiger partial charge in [0.1, 0.15) is 0 Å². The zero-order valence-corrected chi connectivity index (χ0v) is 24.1. The van der Waals surface area contributed by atoms with Crippen molar-refractivity contribution in [1.82, 2.24) is 4.98 Å². The van der Waals surface area contributed by atoms with Gasteiger partial charge in [0.15, 0.2) is 0 Å². The predicted octanol–water partition coefficient (Wildman–Crippen LogP) is 6.61. The summed E-state index contributed by atoms with van der Waals surface area (Å²) in [7, 11) is 1.93. The Morgan fingerprint density at radius 3 is 2.03 bits per heavy atom. The van der Waals surface area contributed by atoms with Crippen molar-refractivity contribution in [3.63, 3.8) is 0 Å². The fraction of sp³-hybridized carbons (Fsp3) is 0.536. The Morgan fingerprint density at radius 1 is 0.970 bits per heavy atom. The van der Waals surface area contributed by atoms with Crippen molar-refractivity contribution in [2.45, 2.75) is 72.6 Å². The van der Waals surface area contributed by atoms with Gasteiger partial charge < -0.3 is 0 Å². The number of aliphatic hydroxyl groups is 1. The molecule has 0 amide bonds. The average Bonchev–Trinajstić information content (AvgIpc) is 2.87. The molecule has 0 unspecified atom stereocenters. The third kappa shape index (κ3) is 7.74. The molecule has 0 aliphatic rings. The fourth-order valence-corrected chi connectivity index (χ4v) is 20.9. The van der Waals surface area contributed by atoms with Crippen molar-refractivity contribution < 1.29 is 9.84 Å². The minimum atomic E-state index is -2.80. The predicted molar refractivity (Wildman–Crippen MR) is 145 cm³/mol. The third-order valence-corrected chi connectivity index (χ3v) is 22.2. The molecule has 5 heteroatoms. The van der Waals surface area contributed by atoms with E-state index in [1.165, 1.54) is 55.4 Å². The van der Waals surface area contributed by atoms with E-state index in [0.717, 1.165) is 28.3 Å². The SMILES string of the molecule is C=C(c1ccc(NC)cc1)c1cnc(OCCO)[c]([Sn]([CH2]CCC)([CH2]CCC)[CH2]CCC)c1. The molecule has 0 spiro atoms. The molecule has 4 nitrogen and oxygen atoms in total. The number of ether oxygens (including phenoxy) is 1. The van der Waals surface area contributed by atoms with Crippen LogP contribution in [0, 0.1) is 0 Å². The summed E-state index contributed by atoms with van der Waals surface area (Å²) in [5.41, 5.74) is 4.29. The van der Waals surface area contributed by atoms with Crippen LogP contribution in [-0.2, 0) is 0 Å². The van der Waals surface area contributed by atoms with Gasteiger partial charge in [-0.2, -0.15) is 0 Å². The Morgan fingerprint density at radius 2 is 1.55 bits per heavy atom. The Balaban J connectivity index is 2.57.